The highest BCUT2D eigenvalue weighted by Crippen LogP contribution is 2.50. The molecule has 1 unspecified atom stereocenters. The quantitative estimate of drug-likeness (QED) is 0.406. The summed E-state index contributed by atoms with van der Waals surface area (Å²) in [6, 6.07) is 7.00. The number of amides is 1. The minimum absolute atomic E-state index is 0.0463. The van der Waals surface area contributed by atoms with Gasteiger partial charge in [0, 0.05) is 43.5 Å². The topological polar surface area (TPSA) is 63.2 Å². The van der Waals surface area contributed by atoms with Gasteiger partial charge in [-0.2, -0.15) is 13.2 Å². The number of oxime groups is 1. The molecule has 1 atom stereocenters. The lowest BCUT2D eigenvalue weighted by Crippen LogP contribution is -2.44. The number of halogens is 6. The number of alkyl halides is 3. The molecule has 6 nitrogen and oxygen atoms in total. The standard InChI is InChI=1S/C24H21Cl2F4N3O3/c25-18-8-16(9-19(26)21(18)27)23(24(28,29)30)10-20(32-36-23)33-11-14-2-1-13(7-15(14)12-33)22(34)31-17-3-5-35-6-4-17/h1-2,7-9,17H,3-6,10-12H2,(H,31,34). The minimum Gasteiger partial charge on any atom is -0.381 e. The van der Waals surface area contributed by atoms with E-state index in [2.05, 4.69) is 10.5 Å². The summed E-state index contributed by atoms with van der Waals surface area (Å²) < 4.78 is 62.0. The first-order chi connectivity index (χ1) is 17.1. The molecule has 1 fully saturated rings. The Morgan fingerprint density at radius 3 is 2.42 bits per heavy atom. The van der Waals surface area contributed by atoms with Gasteiger partial charge < -0.3 is 19.8 Å². The van der Waals surface area contributed by atoms with Crippen LogP contribution in [-0.2, 0) is 28.3 Å². The van der Waals surface area contributed by atoms with E-state index in [0.717, 1.165) is 36.1 Å². The fraction of sp³-hybridized carbons (Fsp3) is 0.417. The Labute approximate surface area is 214 Å². The van der Waals surface area contributed by atoms with Gasteiger partial charge in [-0.05, 0) is 48.2 Å². The van der Waals surface area contributed by atoms with Gasteiger partial charge in [0.2, 0.25) is 0 Å². The molecule has 3 aliphatic heterocycles. The summed E-state index contributed by atoms with van der Waals surface area (Å²) in [7, 11) is 0. The summed E-state index contributed by atoms with van der Waals surface area (Å²) >= 11 is 11.5. The molecular formula is C24H21Cl2F4N3O3. The summed E-state index contributed by atoms with van der Waals surface area (Å²) in [5.74, 6) is -1.13. The molecule has 0 spiro atoms. The first kappa shape index (κ1) is 25.1. The molecule has 1 saturated heterocycles. The zero-order valence-corrected chi connectivity index (χ0v) is 20.3. The van der Waals surface area contributed by atoms with Gasteiger partial charge in [0.25, 0.3) is 11.5 Å². The van der Waals surface area contributed by atoms with Gasteiger partial charge in [-0.25, -0.2) is 4.39 Å². The number of benzene rings is 2. The average molecular weight is 546 g/mol. The third-order valence-electron chi connectivity index (χ3n) is 6.73. The van der Waals surface area contributed by atoms with Crippen LogP contribution in [0.2, 0.25) is 10.0 Å². The van der Waals surface area contributed by atoms with Crippen LogP contribution in [0.3, 0.4) is 0 Å². The molecule has 5 rings (SSSR count). The second-order valence-electron chi connectivity index (χ2n) is 9.05. The Balaban J connectivity index is 1.33. The van der Waals surface area contributed by atoms with Crippen molar-refractivity contribution in [2.24, 2.45) is 5.16 Å². The molecule has 3 aliphatic rings. The molecule has 0 radical (unpaired) electrons. The minimum atomic E-state index is -4.88. The third-order valence-corrected chi connectivity index (χ3v) is 7.28. The number of rotatable bonds is 3. The van der Waals surface area contributed by atoms with E-state index < -0.39 is 39.6 Å². The lowest BCUT2D eigenvalue weighted by atomic mass is 9.89. The lowest BCUT2D eigenvalue weighted by Gasteiger charge is -2.30. The van der Waals surface area contributed by atoms with Crippen LogP contribution >= 0.6 is 23.2 Å². The highest BCUT2D eigenvalue weighted by Gasteiger charge is 2.63. The van der Waals surface area contributed by atoms with Gasteiger partial charge >= 0.3 is 6.18 Å². The number of nitrogens with one attached hydrogen (secondary N) is 1. The maximum atomic E-state index is 14.3. The lowest BCUT2D eigenvalue weighted by molar-refractivity contribution is -0.275. The second kappa shape index (κ2) is 9.39. The average Bonchev–Trinajstić information content (AvgIpc) is 3.47. The first-order valence-corrected chi connectivity index (χ1v) is 12.0. The van der Waals surface area contributed by atoms with E-state index in [9.17, 15) is 22.4 Å². The van der Waals surface area contributed by atoms with E-state index in [0.29, 0.717) is 25.3 Å². The number of carbonyl (C=O) groups is 1. The summed E-state index contributed by atoms with van der Waals surface area (Å²) in [5, 5.41) is 5.68. The molecule has 1 N–H and O–H groups in total. The molecule has 36 heavy (non-hydrogen) atoms. The van der Waals surface area contributed by atoms with Crippen molar-refractivity contribution in [3.63, 3.8) is 0 Å². The number of amidine groups is 1. The summed E-state index contributed by atoms with van der Waals surface area (Å²) in [6.45, 7) is 1.76. The smallest absolute Gasteiger partial charge is 0.381 e. The zero-order valence-electron chi connectivity index (χ0n) is 18.8. The van der Waals surface area contributed by atoms with E-state index in [1.807, 2.05) is 0 Å². The second-order valence-corrected chi connectivity index (χ2v) is 9.87. The number of ether oxygens (including phenoxy) is 1. The molecule has 0 bridgehead atoms. The monoisotopic (exact) mass is 545 g/mol. The summed E-state index contributed by atoms with van der Waals surface area (Å²) in [4.78, 5) is 19.4. The molecule has 3 heterocycles. The Morgan fingerprint density at radius 1 is 1.08 bits per heavy atom. The van der Waals surface area contributed by atoms with E-state index >= 15 is 0 Å². The van der Waals surface area contributed by atoms with Crippen LogP contribution in [-0.4, -0.2) is 42.1 Å². The van der Waals surface area contributed by atoms with E-state index in [1.54, 1.807) is 23.1 Å². The Morgan fingerprint density at radius 2 is 1.75 bits per heavy atom. The Hall–Kier alpha value is -2.56. The van der Waals surface area contributed by atoms with E-state index in [-0.39, 0.29) is 24.3 Å². The largest absolute Gasteiger partial charge is 0.435 e. The molecule has 0 aromatic heterocycles. The van der Waals surface area contributed by atoms with Crippen LogP contribution in [0.25, 0.3) is 0 Å². The molecular weight excluding hydrogens is 525 g/mol. The third kappa shape index (κ3) is 4.50. The van der Waals surface area contributed by atoms with Gasteiger partial charge in [-0.3, -0.25) is 4.79 Å². The fourth-order valence-corrected chi connectivity index (χ4v) is 5.16. The number of fused-ring (bicyclic) bond motifs is 1. The van der Waals surface area contributed by atoms with Crippen LogP contribution in [0.5, 0.6) is 0 Å². The van der Waals surface area contributed by atoms with Crippen molar-refractivity contribution in [3.8, 4) is 0 Å². The van der Waals surface area contributed by atoms with Crippen molar-refractivity contribution >= 4 is 34.9 Å². The van der Waals surface area contributed by atoms with Crippen LogP contribution < -0.4 is 5.32 Å². The number of carbonyl (C=O) groups excluding carboxylic acids is 1. The van der Waals surface area contributed by atoms with Crippen LogP contribution in [0.15, 0.2) is 35.5 Å². The SMILES string of the molecule is O=C(NC1CCOCC1)c1ccc2c(c1)CN(C1=NOC(c3cc(Cl)c(F)c(Cl)c3)(C(F)(F)F)C1)C2. The molecule has 192 valence electrons. The highest BCUT2D eigenvalue weighted by atomic mass is 35.5. The molecule has 2 aromatic carbocycles. The zero-order chi connectivity index (χ0) is 25.7. The normalized spacial score (nSPS) is 22.3. The van der Waals surface area contributed by atoms with Crippen LogP contribution in [0.1, 0.15) is 46.3 Å². The van der Waals surface area contributed by atoms with Crippen LogP contribution in [0.4, 0.5) is 17.6 Å². The van der Waals surface area contributed by atoms with Gasteiger partial charge in [0.1, 0.15) is 5.84 Å². The van der Waals surface area contributed by atoms with Gasteiger partial charge in [-0.1, -0.05) is 34.4 Å². The van der Waals surface area contributed by atoms with Crippen molar-refractivity contribution < 1.29 is 31.9 Å². The van der Waals surface area contributed by atoms with Crippen molar-refractivity contribution in [3.05, 3.63) is 68.4 Å². The number of hydrogen-bond acceptors (Lipinski definition) is 5. The van der Waals surface area contributed by atoms with Crippen LogP contribution in [0, 0.1) is 5.82 Å². The molecule has 1 amide bonds. The van der Waals surface area contributed by atoms with Crippen molar-refractivity contribution in [1.82, 2.24) is 10.2 Å². The maximum absolute atomic E-state index is 14.3. The first-order valence-electron chi connectivity index (χ1n) is 11.3. The number of nitrogens with zero attached hydrogens (tertiary/aromatic N) is 2. The molecule has 12 heteroatoms. The van der Waals surface area contributed by atoms with Gasteiger partial charge in [-0.15, -0.1) is 0 Å². The van der Waals surface area contributed by atoms with Crippen molar-refractivity contribution in [2.45, 2.75) is 50.2 Å². The molecule has 2 aromatic rings. The van der Waals surface area contributed by atoms with E-state index in [4.69, 9.17) is 32.8 Å². The summed E-state index contributed by atoms with van der Waals surface area (Å²) in [5.41, 5.74) is -1.12. The van der Waals surface area contributed by atoms with Crippen molar-refractivity contribution in [1.29, 1.82) is 0 Å². The Kier molecular flexibility index (Phi) is 6.55. The molecule has 0 saturated carbocycles. The predicted octanol–water partition coefficient (Wildman–Crippen LogP) is 5.55. The number of hydrogen-bond donors (Lipinski definition) is 1. The van der Waals surface area contributed by atoms with Crippen molar-refractivity contribution in [2.75, 3.05) is 13.2 Å². The van der Waals surface area contributed by atoms with E-state index in [1.165, 1.54) is 0 Å². The fourth-order valence-electron chi connectivity index (χ4n) is 4.68. The maximum Gasteiger partial charge on any atom is 0.435 e. The summed E-state index contributed by atoms with van der Waals surface area (Å²) in [6.07, 6.45) is -4.03. The predicted molar refractivity (Wildman–Crippen MR) is 124 cm³/mol. The molecule has 0 aliphatic carbocycles. The van der Waals surface area contributed by atoms with Gasteiger partial charge in [0.05, 0.1) is 16.5 Å². The highest BCUT2D eigenvalue weighted by molar-refractivity contribution is 6.35. The van der Waals surface area contributed by atoms with Gasteiger partial charge in [0.15, 0.2) is 5.82 Å². The Bertz CT molecular complexity index is 1210.